The molecular weight excluding hydrogens is 825 g/mol. The van der Waals surface area contributed by atoms with Crippen LogP contribution in [-0.4, -0.2) is 94.7 Å². The van der Waals surface area contributed by atoms with Crippen molar-refractivity contribution in [3.8, 4) is 11.5 Å². The lowest BCUT2D eigenvalue weighted by atomic mass is 9.52. The Labute approximate surface area is 394 Å². The summed E-state index contributed by atoms with van der Waals surface area (Å²) < 4.78 is 12.0. The van der Waals surface area contributed by atoms with E-state index in [9.17, 15) is 19.2 Å². The number of hydrogen-bond donors (Lipinski definition) is 0. The summed E-state index contributed by atoms with van der Waals surface area (Å²) in [6, 6.07) is 10.1. The zero-order chi connectivity index (χ0) is 45.7. The van der Waals surface area contributed by atoms with Gasteiger partial charge in [0.15, 0.2) is 0 Å². The van der Waals surface area contributed by atoms with E-state index in [-0.39, 0.29) is 34.6 Å². The highest BCUT2D eigenvalue weighted by Crippen LogP contribution is 2.58. The van der Waals surface area contributed by atoms with Crippen LogP contribution in [0.1, 0.15) is 177 Å². The maximum absolute atomic E-state index is 13.4. The molecule has 6 aliphatic carbocycles. The molecule has 2 aliphatic heterocycles. The minimum atomic E-state index is -0.334. The summed E-state index contributed by atoms with van der Waals surface area (Å²) in [4.78, 5) is 61.4. The van der Waals surface area contributed by atoms with Gasteiger partial charge in [-0.3, -0.25) is 29.0 Å². The normalized spacial score (nSPS) is 29.2. The lowest BCUT2D eigenvalue weighted by molar-refractivity contribution is -0.133. The number of ether oxygens (including phenoxy) is 2. The van der Waals surface area contributed by atoms with Crippen LogP contribution in [0.25, 0.3) is 0 Å². The van der Waals surface area contributed by atoms with E-state index < -0.39 is 0 Å². The second-order valence-corrected chi connectivity index (χ2v) is 22.7. The average molecular weight is 903 g/mol. The molecule has 2 aromatic carbocycles. The molecule has 10 nitrogen and oxygen atoms in total. The molecule has 10 heteroatoms. The van der Waals surface area contributed by atoms with Crippen LogP contribution in [0.2, 0.25) is 0 Å². The van der Waals surface area contributed by atoms with Gasteiger partial charge in [-0.05, 0) is 173 Å². The SMILES string of the molecule is CC(=O)Oc1cc2c(cc1CN(CCCCN(Cc1cc3c(cc1OC(C)=O)[C@@]14CCCC[C@H]1[C@@H](C3)N(CC1CCC1)CC4)C(C)=O)C(C)=O)C[C@@H]1[C@@H]3CCCC[C@]23CCN1CC1CCC1. The van der Waals surface area contributed by atoms with Crippen LogP contribution < -0.4 is 9.47 Å². The standard InChI is InChI=1S/C56H78N4O6/c1-37(61)57(35-45-27-43-29-51-47-17-5-7-19-55(47,49(43)31-53(45)65-39(3)63)21-25-59(51)33-41-13-11-14-41)23-9-10-24-58(38(2)62)36-46-28-44-30-52-48-18-6-8-20-56(48,50(44)32-54(46)66-40(4)64)22-26-60(52)34-42-15-12-16-42/h27-28,31-32,41-42,47-48,51-52H,5-26,29-30,33-36H2,1-4H3/t47-,48-,51+,52+,55+,56+/m0/s1. The molecule has 4 saturated carbocycles. The molecule has 2 amide bonds. The van der Waals surface area contributed by atoms with Crippen LogP contribution in [-0.2, 0) is 55.9 Å². The fourth-order valence-corrected chi connectivity index (χ4v) is 15.3. The van der Waals surface area contributed by atoms with Crippen LogP contribution >= 0.6 is 0 Å². The van der Waals surface area contributed by atoms with Crippen LogP contribution in [0.5, 0.6) is 11.5 Å². The van der Waals surface area contributed by atoms with E-state index in [1.54, 1.807) is 13.8 Å². The third-order valence-corrected chi connectivity index (χ3v) is 18.9. The first-order valence-corrected chi connectivity index (χ1v) is 26.6. The lowest BCUT2D eigenvalue weighted by Gasteiger charge is -2.60. The van der Waals surface area contributed by atoms with Gasteiger partial charge in [0.2, 0.25) is 11.8 Å². The molecule has 0 radical (unpaired) electrons. The molecule has 358 valence electrons. The van der Waals surface area contributed by atoms with Gasteiger partial charge in [-0.25, -0.2) is 0 Å². The molecule has 2 saturated heterocycles. The number of rotatable bonds is 15. The molecule has 6 atom stereocenters. The van der Waals surface area contributed by atoms with Crippen molar-refractivity contribution in [1.29, 1.82) is 0 Å². The van der Waals surface area contributed by atoms with E-state index in [0.29, 0.717) is 74.4 Å². The minimum Gasteiger partial charge on any atom is -0.426 e. The highest BCUT2D eigenvalue weighted by atomic mass is 16.5. The third-order valence-electron chi connectivity index (χ3n) is 18.9. The zero-order valence-electron chi connectivity index (χ0n) is 40.8. The summed E-state index contributed by atoms with van der Waals surface area (Å²) in [5, 5.41) is 0. The minimum absolute atomic E-state index is 0.0184. The van der Waals surface area contributed by atoms with Gasteiger partial charge in [-0.15, -0.1) is 0 Å². The smallest absolute Gasteiger partial charge is 0.308 e. The Balaban J connectivity index is 0.843. The van der Waals surface area contributed by atoms with Crippen molar-refractivity contribution in [2.75, 3.05) is 39.3 Å². The van der Waals surface area contributed by atoms with Crippen molar-refractivity contribution in [2.24, 2.45) is 23.7 Å². The van der Waals surface area contributed by atoms with Gasteiger partial charge in [0.1, 0.15) is 11.5 Å². The summed E-state index contributed by atoms with van der Waals surface area (Å²) >= 11 is 0. The zero-order valence-corrected chi connectivity index (χ0v) is 40.8. The van der Waals surface area contributed by atoms with Gasteiger partial charge in [0, 0.05) is 101 Å². The number of carbonyl (C=O) groups is 4. The number of benzene rings is 2. The van der Waals surface area contributed by atoms with E-state index in [0.717, 1.165) is 48.9 Å². The van der Waals surface area contributed by atoms with Crippen molar-refractivity contribution in [3.63, 3.8) is 0 Å². The predicted octanol–water partition coefficient (Wildman–Crippen LogP) is 9.43. The molecule has 0 aromatic heterocycles. The third kappa shape index (κ3) is 8.77. The molecule has 0 N–H and O–H groups in total. The van der Waals surface area contributed by atoms with Crippen LogP contribution in [0.4, 0.5) is 0 Å². The fourth-order valence-electron chi connectivity index (χ4n) is 15.3. The number of amides is 2. The number of carbonyl (C=O) groups excluding carboxylic acids is 4. The van der Waals surface area contributed by atoms with Gasteiger partial charge in [-0.1, -0.05) is 38.5 Å². The van der Waals surface area contributed by atoms with E-state index >= 15 is 0 Å². The number of piperidine rings is 2. The number of esters is 2. The summed E-state index contributed by atoms with van der Waals surface area (Å²) in [6.07, 6.45) is 24.1. The maximum atomic E-state index is 13.4. The number of unbranched alkanes of at least 4 members (excludes halogenated alkanes) is 1. The van der Waals surface area contributed by atoms with Crippen molar-refractivity contribution < 1.29 is 28.7 Å². The molecule has 6 fully saturated rings. The quantitative estimate of drug-likeness (QED) is 0.0991. The molecule has 4 bridgehead atoms. The van der Waals surface area contributed by atoms with Gasteiger partial charge in [0.25, 0.3) is 0 Å². The Hall–Kier alpha value is -3.76. The highest BCUT2D eigenvalue weighted by Gasteiger charge is 2.56. The van der Waals surface area contributed by atoms with Gasteiger partial charge in [-0.2, -0.15) is 0 Å². The van der Waals surface area contributed by atoms with E-state index in [2.05, 4.69) is 34.1 Å². The van der Waals surface area contributed by atoms with E-state index in [1.165, 1.54) is 152 Å². The largest absolute Gasteiger partial charge is 0.426 e. The Morgan fingerprint density at radius 1 is 0.561 bits per heavy atom. The van der Waals surface area contributed by atoms with Crippen molar-refractivity contribution in [3.05, 3.63) is 57.6 Å². The van der Waals surface area contributed by atoms with Crippen LogP contribution in [0.3, 0.4) is 0 Å². The summed E-state index contributed by atoms with van der Waals surface area (Å²) in [6.45, 7) is 12.8. The number of fused-ring (bicyclic) bond motifs is 2. The molecule has 8 aliphatic rings. The van der Waals surface area contributed by atoms with Gasteiger partial charge in [0.05, 0.1) is 0 Å². The Morgan fingerprint density at radius 2 is 0.985 bits per heavy atom. The first-order chi connectivity index (χ1) is 31.9. The molecule has 0 spiro atoms. The molecule has 10 rings (SSSR count). The first-order valence-electron chi connectivity index (χ1n) is 26.6. The van der Waals surface area contributed by atoms with Crippen LogP contribution in [0.15, 0.2) is 24.3 Å². The number of hydrogen-bond acceptors (Lipinski definition) is 8. The van der Waals surface area contributed by atoms with E-state index in [1.807, 2.05) is 9.80 Å². The monoisotopic (exact) mass is 903 g/mol. The predicted molar refractivity (Wildman–Crippen MR) is 256 cm³/mol. The topological polar surface area (TPSA) is 99.7 Å². The first kappa shape index (κ1) is 46.0. The number of likely N-dealkylation sites (tertiary alicyclic amines) is 2. The molecule has 2 heterocycles. The fraction of sp³-hybridized carbons (Fsp3) is 0.714. The van der Waals surface area contributed by atoms with E-state index in [4.69, 9.17) is 9.47 Å². The highest BCUT2D eigenvalue weighted by molar-refractivity contribution is 5.75. The maximum Gasteiger partial charge on any atom is 0.308 e. The lowest BCUT2D eigenvalue weighted by Crippen LogP contribution is -2.61. The molecular formula is C56H78N4O6. The summed E-state index contributed by atoms with van der Waals surface area (Å²) in [7, 11) is 0. The van der Waals surface area contributed by atoms with Crippen molar-refractivity contribution in [2.45, 2.75) is 192 Å². The molecule has 66 heavy (non-hydrogen) atoms. The average Bonchev–Trinajstić information content (AvgIpc) is 3.25. The Bertz CT molecular complexity index is 2030. The van der Waals surface area contributed by atoms with Crippen LogP contribution in [0, 0.1) is 23.7 Å². The summed E-state index contributed by atoms with van der Waals surface area (Å²) in [5.41, 5.74) is 7.62. The Kier molecular flexibility index (Phi) is 13.2. The second-order valence-electron chi connectivity index (χ2n) is 22.7. The Morgan fingerprint density at radius 3 is 1.35 bits per heavy atom. The second kappa shape index (κ2) is 19.0. The van der Waals surface area contributed by atoms with Crippen molar-refractivity contribution >= 4 is 23.8 Å². The van der Waals surface area contributed by atoms with Crippen molar-refractivity contribution in [1.82, 2.24) is 19.6 Å². The van der Waals surface area contributed by atoms with Gasteiger partial charge >= 0.3 is 11.9 Å². The molecule has 0 unspecified atom stereocenters. The van der Waals surface area contributed by atoms with Gasteiger partial charge < -0.3 is 19.3 Å². The summed E-state index contributed by atoms with van der Waals surface area (Å²) in [5.74, 6) is 3.47. The number of nitrogens with zero attached hydrogens (tertiary/aromatic N) is 4. The molecule has 2 aromatic rings.